The summed E-state index contributed by atoms with van der Waals surface area (Å²) >= 11 is 7.17. The number of thiophene rings is 1. The molecule has 0 aliphatic rings. The predicted octanol–water partition coefficient (Wildman–Crippen LogP) is 5.97. The van der Waals surface area contributed by atoms with Gasteiger partial charge in [-0.3, -0.25) is 0 Å². The van der Waals surface area contributed by atoms with E-state index in [0.717, 1.165) is 35.4 Å². The standard InChI is InChI=1S/C23H15ClF2O5S2/c1-31-23(28)13-7-16(24)22(27)21(9-13)33(29,30)11-14-6-15(18(26)10-17(14)25)20-8-12-4-2-3-5-19(12)32-20/h2-10,27H,11H2,1H3. The number of hydrogen-bond donors (Lipinski definition) is 1. The molecule has 0 aliphatic heterocycles. The van der Waals surface area contributed by atoms with E-state index in [9.17, 15) is 27.1 Å². The van der Waals surface area contributed by atoms with E-state index < -0.39 is 43.8 Å². The number of carbonyl (C=O) groups excluding carboxylic acids is 1. The number of esters is 1. The van der Waals surface area contributed by atoms with Crippen molar-refractivity contribution in [2.75, 3.05) is 7.11 Å². The Hall–Kier alpha value is -3.01. The summed E-state index contributed by atoms with van der Waals surface area (Å²) in [5.74, 6) is -4.44. The van der Waals surface area contributed by atoms with Crippen molar-refractivity contribution in [2.24, 2.45) is 0 Å². The molecule has 0 fully saturated rings. The molecule has 0 saturated heterocycles. The Morgan fingerprint density at radius 1 is 1.09 bits per heavy atom. The molecule has 0 radical (unpaired) electrons. The molecule has 33 heavy (non-hydrogen) atoms. The van der Waals surface area contributed by atoms with Crippen molar-refractivity contribution in [1.29, 1.82) is 0 Å². The van der Waals surface area contributed by atoms with Crippen LogP contribution < -0.4 is 0 Å². The lowest BCUT2D eigenvalue weighted by Gasteiger charge is -2.12. The molecule has 4 aromatic rings. The van der Waals surface area contributed by atoms with Gasteiger partial charge in [-0.1, -0.05) is 29.8 Å². The molecule has 1 N–H and O–H groups in total. The van der Waals surface area contributed by atoms with Gasteiger partial charge in [-0.05, 0) is 35.7 Å². The molecule has 3 aromatic carbocycles. The molecule has 5 nitrogen and oxygen atoms in total. The molecular formula is C23H15ClF2O5S2. The van der Waals surface area contributed by atoms with Gasteiger partial charge in [0.15, 0.2) is 15.6 Å². The van der Waals surface area contributed by atoms with Crippen LogP contribution in [-0.2, 0) is 20.3 Å². The Kier molecular flexibility index (Phi) is 6.13. The topological polar surface area (TPSA) is 80.7 Å². The van der Waals surface area contributed by atoms with Crippen LogP contribution in [-0.4, -0.2) is 26.6 Å². The quantitative estimate of drug-likeness (QED) is 0.336. The first-order chi connectivity index (χ1) is 15.6. The van der Waals surface area contributed by atoms with Crippen LogP contribution in [0, 0.1) is 11.6 Å². The van der Waals surface area contributed by atoms with E-state index in [-0.39, 0.29) is 21.7 Å². The molecule has 0 saturated carbocycles. The number of ether oxygens (including phenoxy) is 1. The highest BCUT2D eigenvalue weighted by Gasteiger charge is 2.26. The number of benzene rings is 3. The fourth-order valence-electron chi connectivity index (χ4n) is 3.34. The number of fused-ring (bicyclic) bond motifs is 1. The fraction of sp³-hybridized carbons (Fsp3) is 0.0870. The molecule has 170 valence electrons. The second kappa shape index (κ2) is 8.74. The number of aromatic hydroxyl groups is 1. The van der Waals surface area contributed by atoms with Crippen molar-refractivity contribution in [1.82, 2.24) is 0 Å². The molecule has 0 atom stereocenters. The molecule has 0 unspecified atom stereocenters. The maximum atomic E-state index is 14.6. The average molecular weight is 509 g/mol. The van der Waals surface area contributed by atoms with E-state index in [1.54, 1.807) is 6.07 Å². The molecule has 0 aliphatic carbocycles. The Bertz CT molecular complexity index is 1480. The monoisotopic (exact) mass is 508 g/mol. The van der Waals surface area contributed by atoms with Crippen LogP contribution in [0.4, 0.5) is 8.78 Å². The van der Waals surface area contributed by atoms with E-state index in [1.165, 1.54) is 11.3 Å². The predicted molar refractivity (Wildman–Crippen MR) is 123 cm³/mol. The van der Waals surface area contributed by atoms with Crippen molar-refractivity contribution in [2.45, 2.75) is 10.6 Å². The van der Waals surface area contributed by atoms with Crippen LogP contribution >= 0.6 is 22.9 Å². The number of methoxy groups -OCH3 is 1. The number of carbonyl (C=O) groups is 1. The second-order valence-electron chi connectivity index (χ2n) is 7.13. The first-order valence-corrected chi connectivity index (χ1v) is 12.3. The van der Waals surface area contributed by atoms with Gasteiger partial charge >= 0.3 is 5.97 Å². The molecule has 0 spiro atoms. The largest absolute Gasteiger partial charge is 0.505 e. The number of rotatable bonds is 5. The van der Waals surface area contributed by atoms with Crippen LogP contribution in [0.25, 0.3) is 20.5 Å². The third-order valence-corrected chi connectivity index (χ3v) is 8.07. The third-order valence-electron chi connectivity index (χ3n) is 4.96. The highest BCUT2D eigenvalue weighted by Crippen LogP contribution is 2.38. The molecule has 1 heterocycles. The second-order valence-corrected chi connectivity index (χ2v) is 10.6. The smallest absolute Gasteiger partial charge is 0.337 e. The van der Waals surface area contributed by atoms with E-state index in [2.05, 4.69) is 4.74 Å². The molecular weight excluding hydrogens is 494 g/mol. The maximum Gasteiger partial charge on any atom is 0.337 e. The number of phenols is 1. The lowest BCUT2D eigenvalue weighted by molar-refractivity contribution is 0.0600. The summed E-state index contributed by atoms with van der Waals surface area (Å²) in [4.78, 5) is 11.7. The first kappa shape index (κ1) is 23.2. The highest BCUT2D eigenvalue weighted by atomic mass is 35.5. The molecule has 0 bridgehead atoms. The van der Waals surface area contributed by atoms with Crippen LogP contribution in [0.15, 0.2) is 59.5 Å². The van der Waals surface area contributed by atoms with Crippen LogP contribution in [0.3, 0.4) is 0 Å². The average Bonchev–Trinajstić information content (AvgIpc) is 3.20. The van der Waals surface area contributed by atoms with Crippen molar-refractivity contribution in [3.63, 3.8) is 0 Å². The molecule has 0 amide bonds. The van der Waals surface area contributed by atoms with Gasteiger partial charge in [0.25, 0.3) is 0 Å². The van der Waals surface area contributed by atoms with Gasteiger partial charge in [0.2, 0.25) is 0 Å². The van der Waals surface area contributed by atoms with Crippen LogP contribution in [0.5, 0.6) is 5.75 Å². The molecule has 10 heteroatoms. The van der Waals surface area contributed by atoms with E-state index in [4.69, 9.17) is 11.6 Å². The van der Waals surface area contributed by atoms with Gasteiger partial charge in [0.05, 0.1) is 23.4 Å². The zero-order valence-electron chi connectivity index (χ0n) is 16.9. The van der Waals surface area contributed by atoms with Gasteiger partial charge in [-0.15, -0.1) is 11.3 Å². The normalized spacial score (nSPS) is 11.6. The Morgan fingerprint density at radius 2 is 1.82 bits per heavy atom. The van der Waals surface area contributed by atoms with Gasteiger partial charge in [-0.25, -0.2) is 22.0 Å². The summed E-state index contributed by atoms with van der Waals surface area (Å²) in [6.45, 7) is 0. The van der Waals surface area contributed by atoms with Crippen LogP contribution in [0.2, 0.25) is 5.02 Å². The number of halogens is 3. The first-order valence-electron chi connectivity index (χ1n) is 9.41. The maximum absolute atomic E-state index is 14.6. The zero-order chi connectivity index (χ0) is 23.9. The fourth-order valence-corrected chi connectivity index (χ4v) is 6.19. The lowest BCUT2D eigenvalue weighted by Crippen LogP contribution is -2.10. The SMILES string of the molecule is COC(=O)c1cc(Cl)c(O)c(S(=O)(=O)Cc2cc(-c3cc4ccccc4s3)c(F)cc2F)c1. The Labute approximate surface area is 196 Å². The van der Waals surface area contributed by atoms with Gasteiger partial charge in [0, 0.05) is 26.8 Å². The van der Waals surface area contributed by atoms with Gasteiger partial charge in [0.1, 0.15) is 16.5 Å². The molecule has 4 rings (SSSR count). The summed E-state index contributed by atoms with van der Waals surface area (Å²) in [5, 5.41) is 10.7. The minimum absolute atomic E-state index is 0.0494. The Balaban J connectivity index is 1.78. The summed E-state index contributed by atoms with van der Waals surface area (Å²) in [7, 11) is -3.29. The van der Waals surface area contributed by atoms with E-state index in [1.807, 2.05) is 24.3 Å². The zero-order valence-corrected chi connectivity index (χ0v) is 19.3. The van der Waals surface area contributed by atoms with Crippen molar-refractivity contribution < 1.29 is 31.8 Å². The minimum atomic E-state index is -4.39. The van der Waals surface area contributed by atoms with E-state index >= 15 is 0 Å². The lowest BCUT2D eigenvalue weighted by atomic mass is 10.1. The highest BCUT2D eigenvalue weighted by molar-refractivity contribution is 7.90. The summed E-state index contributed by atoms with van der Waals surface area (Å²) in [6, 6.07) is 12.8. The van der Waals surface area contributed by atoms with Gasteiger partial charge < -0.3 is 9.84 Å². The minimum Gasteiger partial charge on any atom is -0.505 e. The van der Waals surface area contributed by atoms with Gasteiger partial charge in [-0.2, -0.15) is 0 Å². The van der Waals surface area contributed by atoms with Crippen molar-refractivity contribution >= 4 is 48.8 Å². The van der Waals surface area contributed by atoms with Crippen LogP contribution in [0.1, 0.15) is 15.9 Å². The summed E-state index contributed by atoms with van der Waals surface area (Å²) in [5.41, 5.74) is -0.458. The van der Waals surface area contributed by atoms with Crippen molar-refractivity contribution in [3.8, 4) is 16.2 Å². The Morgan fingerprint density at radius 3 is 2.52 bits per heavy atom. The van der Waals surface area contributed by atoms with Crippen molar-refractivity contribution in [3.05, 3.63) is 82.4 Å². The summed E-state index contributed by atoms with van der Waals surface area (Å²) in [6.07, 6.45) is 0. The van der Waals surface area contributed by atoms with E-state index in [0.29, 0.717) is 10.9 Å². The number of phenolic OH excluding ortho intramolecular Hbond substituents is 1. The third kappa shape index (κ3) is 4.44. The molecule has 1 aromatic heterocycles. The number of hydrogen-bond acceptors (Lipinski definition) is 6. The summed E-state index contributed by atoms with van der Waals surface area (Å²) < 4.78 is 60.7. The number of sulfone groups is 1.